The van der Waals surface area contributed by atoms with E-state index in [1.54, 1.807) is 0 Å². The summed E-state index contributed by atoms with van der Waals surface area (Å²) in [4.78, 5) is 0. The van der Waals surface area contributed by atoms with Crippen LogP contribution in [0.15, 0.2) is 24.2 Å². The maximum Gasteiger partial charge on any atom is 0.265 e. The molecular formula is C5H5BBr2. The number of halogens is 2. The van der Waals surface area contributed by atoms with Crippen LogP contribution in [0.5, 0.6) is 0 Å². The molecule has 0 amide bonds. The van der Waals surface area contributed by atoms with Crippen LogP contribution in [0.2, 0.25) is 0 Å². The molecule has 42 valence electrons. The highest BCUT2D eigenvalue weighted by molar-refractivity contribution is 9.26. The molecule has 1 aliphatic rings. The topological polar surface area (TPSA) is 0 Å². The fourth-order valence-corrected chi connectivity index (χ4v) is 1.26. The third kappa shape index (κ3) is 1.49. The molecular weight excluding hydrogens is 231 g/mol. The van der Waals surface area contributed by atoms with Crippen molar-refractivity contribution in [1.82, 2.24) is 0 Å². The molecule has 0 bridgehead atoms. The van der Waals surface area contributed by atoms with E-state index in [0.29, 0.717) is 10.3 Å². The van der Waals surface area contributed by atoms with Crippen molar-refractivity contribution in [3.05, 3.63) is 24.2 Å². The third-order valence-corrected chi connectivity index (χ3v) is 3.46. The van der Waals surface area contributed by atoms with Gasteiger partial charge in [-0.15, -0.1) is 21.7 Å². The second-order valence-corrected chi connectivity index (χ2v) is 3.77. The number of rotatable bonds is 0. The Labute approximate surface area is 66.2 Å². The van der Waals surface area contributed by atoms with Crippen LogP contribution in [0.25, 0.3) is 0 Å². The maximum atomic E-state index is 3.47. The first-order valence-electron chi connectivity index (χ1n) is 2.44. The first kappa shape index (κ1) is 6.62. The summed E-state index contributed by atoms with van der Waals surface area (Å²) in [6, 6.07) is 0. The van der Waals surface area contributed by atoms with Crippen LogP contribution in [0.1, 0.15) is 0 Å². The molecule has 1 atom stereocenters. The Balaban J connectivity index is 2.59. The number of hydrogen-bond acceptors (Lipinski definition) is 0. The zero-order valence-corrected chi connectivity index (χ0v) is 7.39. The summed E-state index contributed by atoms with van der Waals surface area (Å²) in [7, 11) is 0. The van der Waals surface area contributed by atoms with E-state index < -0.39 is 0 Å². The van der Waals surface area contributed by atoms with Crippen molar-refractivity contribution in [2.45, 2.75) is 4.73 Å². The van der Waals surface area contributed by atoms with Crippen molar-refractivity contribution in [2.75, 3.05) is 0 Å². The van der Waals surface area contributed by atoms with Gasteiger partial charge in [0, 0.05) is 4.73 Å². The average molecular weight is 236 g/mol. The van der Waals surface area contributed by atoms with Gasteiger partial charge in [-0.2, -0.15) is 0 Å². The SMILES string of the molecule is BrB1C=CC=CC1Br. The smallest absolute Gasteiger partial charge is 0.149 e. The lowest BCUT2D eigenvalue weighted by molar-refractivity contribution is 1.60. The molecule has 0 radical (unpaired) electrons. The Morgan fingerprint density at radius 1 is 1.38 bits per heavy atom. The highest BCUT2D eigenvalue weighted by atomic mass is 79.9. The lowest BCUT2D eigenvalue weighted by Crippen LogP contribution is -2.15. The summed E-state index contributed by atoms with van der Waals surface area (Å²) < 4.78 is 0.465. The molecule has 0 aromatic carbocycles. The summed E-state index contributed by atoms with van der Waals surface area (Å²) in [6.45, 7) is 0. The van der Waals surface area contributed by atoms with Crippen molar-refractivity contribution in [2.24, 2.45) is 0 Å². The Morgan fingerprint density at radius 2 is 2.12 bits per heavy atom. The van der Waals surface area contributed by atoms with E-state index in [-0.39, 0.29) is 0 Å². The van der Waals surface area contributed by atoms with Crippen molar-refractivity contribution >= 4 is 37.2 Å². The van der Waals surface area contributed by atoms with Crippen LogP contribution in [0, 0.1) is 0 Å². The summed E-state index contributed by atoms with van der Waals surface area (Å²) in [6.07, 6.45) is 6.19. The normalized spacial score (nSPS) is 26.8. The second-order valence-electron chi connectivity index (χ2n) is 1.66. The number of hydrogen-bond donors (Lipinski definition) is 0. The highest BCUT2D eigenvalue weighted by Gasteiger charge is 2.15. The molecule has 0 aromatic rings. The fraction of sp³-hybridized carbons (Fsp3) is 0.200. The van der Waals surface area contributed by atoms with Gasteiger partial charge < -0.3 is 0 Å². The van der Waals surface area contributed by atoms with Gasteiger partial charge in [0.2, 0.25) is 0 Å². The van der Waals surface area contributed by atoms with Crippen LogP contribution in [0.4, 0.5) is 0 Å². The van der Waals surface area contributed by atoms with E-state index in [2.05, 4.69) is 43.7 Å². The Morgan fingerprint density at radius 3 is 2.50 bits per heavy atom. The van der Waals surface area contributed by atoms with E-state index in [0.717, 1.165) is 0 Å². The molecule has 1 unspecified atom stereocenters. The summed E-state index contributed by atoms with van der Waals surface area (Å²) in [5.74, 6) is 2.11. The minimum absolute atomic E-state index is 0.465. The van der Waals surface area contributed by atoms with E-state index in [4.69, 9.17) is 0 Å². The molecule has 0 N–H and O–H groups in total. The summed E-state index contributed by atoms with van der Waals surface area (Å²) >= 11 is 6.94. The molecule has 0 spiro atoms. The highest BCUT2D eigenvalue weighted by Crippen LogP contribution is 2.15. The average Bonchev–Trinajstić information content (AvgIpc) is 1.77. The quantitative estimate of drug-likeness (QED) is 0.447. The number of alkyl halides is 1. The van der Waals surface area contributed by atoms with Crippen LogP contribution >= 0.6 is 31.7 Å². The minimum atomic E-state index is 0.465. The Bertz CT molecular complexity index is 114. The van der Waals surface area contributed by atoms with Gasteiger partial charge >= 0.3 is 0 Å². The number of allylic oxidation sites excluding steroid dienone is 3. The van der Waals surface area contributed by atoms with E-state index >= 15 is 0 Å². The predicted molar refractivity (Wildman–Crippen MR) is 45.7 cm³/mol. The molecule has 0 nitrogen and oxygen atoms in total. The zero-order valence-electron chi connectivity index (χ0n) is 4.22. The third-order valence-electron chi connectivity index (χ3n) is 1.01. The van der Waals surface area contributed by atoms with E-state index in [1.807, 2.05) is 12.2 Å². The first-order chi connectivity index (χ1) is 3.80. The van der Waals surface area contributed by atoms with Gasteiger partial charge in [0.25, 0.3) is 5.54 Å². The van der Waals surface area contributed by atoms with Gasteiger partial charge in [0.1, 0.15) is 0 Å². The molecule has 1 rings (SSSR count). The van der Waals surface area contributed by atoms with Gasteiger partial charge in [-0.1, -0.05) is 34.2 Å². The van der Waals surface area contributed by atoms with E-state index in [1.165, 1.54) is 0 Å². The van der Waals surface area contributed by atoms with Gasteiger partial charge in [0.15, 0.2) is 0 Å². The van der Waals surface area contributed by atoms with Gasteiger partial charge in [-0.3, -0.25) is 0 Å². The van der Waals surface area contributed by atoms with Crippen LogP contribution in [-0.4, -0.2) is 10.3 Å². The molecule has 0 aromatic heterocycles. The first-order valence-corrected chi connectivity index (χ1v) is 4.27. The van der Waals surface area contributed by atoms with Gasteiger partial charge in [0.05, 0.1) is 0 Å². The van der Waals surface area contributed by atoms with E-state index in [9.17, 15) is 0 Å². The molecule has 1 heterocycles. The molecule has 8 heavy (non-hydrogen) atoms. The summed E-state index contributed by atoms with van der Waals surface area (Å²) in [5.41, 5.74) is 0.465. The summed E-state index contributed by atoms with van der Waals surface area (Å²) in [5, 5.41) is 0. The lowest BCUT2D eigenvalue weighted by Gasteiger charge is -2.06. The molecule has 1 aliphatic heterocycles. The zero-order chi connectivity index (χ0) is 5.98. The lowest BCUT2D eigenvalue weighted by atomic mass is 9.71. The Hall–Kier alpha value is 0.505. The van der Waals surface area contributed by atoms with Crippen LogP contribution in [0.3, 0.4) is 0 Å². The van der Waals surface area contributed by atoms with Crippen molar-refractivity contribution in [1.29, 1.82) is 0 Å². The molecule has 0 aliphatic carbocycles. The molecule has 0 saturated carbocycles. The fourth-order valence-electron chi connectivity index (χ4n) is 0.553. The molecule has 0 saturated heterocycles. The monoisotopic (exact) mass is 234 g/mol. The van der Waals surface area contributed by atoms with Crippen LogP contribution in [-0.2, 0) is 0 Å². The van der Waals surface area contributed by atoms with Gasteiger partial charge in [-0.25, -0.2) is 0 Å². The second kappa shape index (κ2) is 2.88. The minimum Gasteiger partial charge on any atom is -0.149 e. The maximum absolute atomic E-state index is 3.47. The Kier molecular flexibility index (Phi) is 2.38. The molecule has 3 heteroatoms. The van der Waals surface area contributed by atoms with Crippen molar-refractivity contribution < 1.29 is 0 Å². The van der Waals surface area contributed by atoms with Crippen molar-refractivity contribution in [3.8, 4) is 0 Å². The predicted octanol–water partition coefficient (Wildman–Crippen LogP) is 2.34. The van der Waals surface area contributed by atoms with Crippen LogP contribution < -0.4 is 0 Å². The molecule has 0 fully saturated rings. The van der Waals surface area contributed by atoms with Crippen molar-refractivity contribution in [3.63, 3.8) is 0 Å². The standard InChI is InChI=1S/C5H5BBr2/c7-5-3-1-2-4-6(5)8/h1-5H. The largest absolute Gasteiger partial charge is 0.265 e. The van der Waals surface area contributed by atoms with Gasteiger partial charge in [-0.05, 0) is 0 Å².